The standard InChI is InChI=1S/C24H26F2N7O6P/c1-3-37-16-6-4-15(5-7-16)32-12-18(22(31-32)21-17(25)8-9-20(26)30-21)28-23(34)19-13-38-24(29-19)14-10-27-33(11-14)39-40(2,35)36/h8-13,15-16H,3-7H2,1-2H3,(H,28,34)(H,35,36). The number of hydrogen-bond donors (Lipinski definition) is 2. The molecule has 16 heteroatoms. The zero-order chi connectivity index (χ0) is 28.4. The number of carbonyl (C=O) groups is 1. The minimum Gasteiger partial charge on any atom is -0.444 e. The third kappa shape index (κ3) is 6.27. The molecule has 0 radical (unpaired) electrons. The van der Waals surface area contributed by atoms with Crippen LogP contribution in [0.15, 0.2) is 41.4 Å². The summed E-state index contributed by atoms with van der Waals surface area (Å²) in [5.74, 6) is -2.41. The van der Waals surface area contributed by atoms with E-state index in [2.05, 4.69) is 25.5 Å². The second kappa shape index (κ2) is 11.3. The number of anilines is 1. The smallest absolute Gasteiger partial charge is 0.394 e. The number of halogens is 2. The lowest BCUT2D eigenvalue weighted by Crippen LogP contribution is -2.24. The molecule has 0 bridgehead atoms. The summed E-state index contributed by atoms with van der Waals surface area (Å²) >= 11 is 0. The van der Waals surface area contributed by atoms with Crippen molar-refractivity contribution in [2.75, 3.05) is 18.6 Å². The molecule has 0 saturated heterocycles. The topological polar surface area (TPSA) is 159 Å². The highest BCUT2D eigenvalue weighted by molar-refractivity contribution is 7.52. The van der Waals surface area contributed by atoms with Crippen LogP contribution in [0.1, 0.15) is 49.1 Å². The van der Waals surface area contributed by atoms with E-state index in [0.717, 1.165) is 55.6 Å². The molecule has 1 amide bonds. The van der Waals surface area contributed by atoms with Crippen LogP contribution in [-0.4, -0.2) is 59.9 Å². The molecular formula is C24H26F2N7O6P. The first-order valence-electron chi connectivity index (χ1n) is 12.4. The van der Waals surface area contributed by atoms with Gasteiger partial charge in [-0.1, -0.05) is 4.85 Å². The molecule has 2 N–H and O–H groups in total. The van der Waals surface area contributed by atoms with E-state index in [1.807, 2.05) is 6.92 Å². The van der Waals surface area contributed by atoms with Crippen molar-refractivity contribution in [3.63, 3.8) is 0 Å². The molecular weight excluding hydrogens is 551 g/mol. The quantitative estimate of drug-likeness (QED) is 0.219. The number of amides is 1. The Kier molecular flexibility index (Phi) is 7.79. The molecule has 0 aromatic carbocycles. The Labute approximate surface area is 226 Å². The fourth-order valence-electron chi connectivity index (χ4n) is 4.45. The molecule has 1 fully saturated rings. The van der Waals surface area contributed by atoms with E-state index in [4.69, 9.17) is 13.8 Å². The number of carbonyl (C=O) groups excluding carboxylic acids is 1. The van der Waals surface area contributed by atoms with Crippen LogP contribution in [0.5, 0.6) is 0 Å². The summed E-state index contributed by atoms with van der Waals surface area (Å²) < 4.78 is 57.5. The van der Waals surface area contributed by atoms with Gasteiger partial charge in [0, 0.05) is 12.8 Å². The Morgan fingerprint density at radius 2 is 1.98 bits per heavy atom. The van der Waals surface area contributed by atoms with E-state index in [0.29, 0.717) is 6.61 Å². The van der Waals surface area contributed by atoms with Gasteiger partial charge in [0.1, 0.15) is 17.7 Å². The highest BCUT2D eigenvalue weighted by Gasteiger charge is 2.27. The molecule has 4 aromatic rings. The SMILES string of the molecule is CCOC1CCC(n2cc(NC(=O)c3coc(-c4cnn(OP(C)(=O)O)c4)n3)c(-c3nc(F)ccc3F)n2)CC1. The highest BCUT2D eigenvalue weighted by Crippen LogP contribution is 2.35. The summed E-state index contributed by atoms with van der Waals surface area (Å²) in [4.78, 5) is 31.0. The molecule has 212 valence electrons. The number of pyridine rings is 1. The fraction of sp³-hybridized carbons (Fsp3) is 0.375. The van der Waals surface area contributed by atoms with Crippen molar-refractivity contribution >= 4 is 19.2 Å². The minimum atomic E-state index is -3.85. The van der Waals surface area contributed by atoms with Gasteiger partial charge in [-0.3, -0.25) is 9.48 Å². The summed E-state index contributed by atoms with van der Waals surface area (Å²) in [7, 11) is -3.85. The number of oxazole rings is 1. The molecule has 1 aliphatic carbocycles. The molecule has 1 saturated carbocycles. The first-order valence-corrected chi connectivity index (χ1v) is 14.5. The minimum absolute atomic E-state index is 0.0105. The number of ether oxygens (including phenoxy) is 1. The van der Waals surface area contributed by atoms with E-state index in [-0.39, 0.29) is 46.4 Å². The maximum Gasteiger partial charge on any atom is 0.394 e. The van der Waals surface area contributed by atoms with Gasteiger partial charge in [-0.25, -0.2) is 18.9 Å². The van der Waals surface area contributed by atoms with Gasteiger partial charge in [-0.15, -0.1) is 5.10 Å². The largest absolute Gasteiger partial charge is 0.444 e. The first-order chi connectivity index (χ1) is 19.1. The van der Waals surface area contributed by atoms with Gasteiger partial charge in [-0.2, -0.15) is 9.49 Å². The van der Waals surface area contributed by atoms with Crippen LogP contribution >= 0.6 is 7.60 Å². The first kappa shape index (κ1) is 27.6. The van der Waals surface area contributed by atoms with Crippen molar-refractivity contribution in [2.45, 2.75) is 44.8 Å². The van der Waals surface area contributed by atoms with Crippen LogP contribution in [0, 0.1) is 11.8 Å². The number of nitrogens with zero attached hydrogens (tertiary/aromatic N) is 6. The third-order valence-corrected chi connectivity index (χ3v) is 6.69. The molecule has 4 heterocycles. The number of aromatic nitrogens is 6. The van der Waals surface area contributed by atoms with E-state index in [1.54, 1.807) is 10.9 Å². The highest BCUT2D eigenvalue weighted by atomic mass is 31.2. The Morgan fingerprint density at radius 1 is 1.20 bits per heavy atom. The molecule has 1 unspecified atom stereocenters. The average molecular weight is 577 g/mol. The number of hydrogen-bond acceptors (Lipinski definition) is 9. The van der Waals surface area contributed by atoms with Crippen LogP contribution < -0.4 is 9.94 Å². The van der Waals surface area contributed by atoms with Gasteiger partial charge >= 0.3 is 7.60 Å². The monoisotopic (exact) mass is 577 g/mol. The van der Waals surface area contributed by atoms with Crippen molar-refractivity contribution < 1.29 is 36.8 Å². The Hall–Kier alpha value is -3.94. The van der Waals surface area contributed by atoms with E-state index in [9.17, 15) is 23.0 Å². The van der Waals surface area contributed by atoms with Gasteiger partial charge in [0.05, 0.1) is 42.5 Å². The van der Waals surface area contributed by atoms with Crippen LogP contribution in [0.25, 0.3) is 22.8 Å². The van der Waals surface area contributed by atoms with Crippen molar-refractivity contribution in [1.29, 1.82) is 0 Å². The molecule has 0 spiro atoms. The van der Waals surface area contributed by atoms with Crippen LogP contribution in [0.3, 0.4) is 0 Å². The summed E-state index contributed by atoms with van der Waals surface area (Å²) in [5.41, 5.74) is -0.124. The molecule has 40 heavy (non-hydrogen) atoms. The molecule has 4 aromatic heterocycles. The molecule has 13 nitrogen and oxygen atoms in total. The maximum atomic E-state index is 14.7. The predicted octanol–water partition coefficient (Wildman–Crippen LogP) is 4.09. The summed E-state index contributed by atoms with van der Waals surface area (Å²) in [6.45, 7) is 3.57. The van der Waals surface area contributed by atoms with E-state index >= 15 is 0 Å². The zero-order valence-corrected chi connectivity index (χ0v) is 22.4. The van der Waals surface area contributed by atoms with Crippen LogP contribution in [-0.2, 0) is 9.30 Å². The Balaban J connectivity index is 1.39. The number of nitrogens with one attached hydrogen (secondary N) is 1. The van der Waals surface area contributed by atoms with Gasteiger partial charge in [0.25, 0.3) is 5.91 Å². The van der Waals surface area contributed by atoms with Crippen molar-refractivity contribution in [1.82, 2.24) is 29.7 Å². The normalized spacial score (nSPS) is 18.8. The Morgan fingerprint density at radius 3 is 2.70 bits per heavy atom. The zero-order valence-electron chi connectivity index (χ0n) is 21.5. The summed E-state index contributed by atoms with van der Waals surface area (Å²) in [5, 5.41) is 10.9. The van der Waals surface area contributed by atoms with Gasteiger partial charge < -0.3 is 24.0 Å². The summed E-state index contributed by atoms with van der Waals surface area (Å²) in [6, 6.07) is 1.80. The van der Waals surface area contributed by atoms with Gasteiger partial charge in [0.2, 0.25) is 11.8 Å². The lowest BCUT2D eigenvalue weighted by molar-refractivity contribution is 0.0260. The number of rotatable bonds is 9. The molecule has 1 aliphatic rings. The van der Waals surface area contributed by atoms with Crippen LogP contribution in [0.4, 0.5) is 14.5 Å². The maximum absolute atomic E-state index is 14.7. The molecule has 5 rings (SSSR count). The van der Waals surface area contributed by atoms with Crippen molar-refractivity contribution in [3.05, 3.63) is 54.4 Å². The lowest BCUT2D eigenvalue weighted by atomic mass is 9.93. The van der Waals surface area contributed by atoms with Crippen molar-refractivity contribution in [2.24, 2.45) is 0 Å². The lowest BCUT2D eigenvalue weighted by Gasteiger charge is -2.28. The van der Waals surface area contributed by atoms with E-state index < -0.39 is 25.3 Å². The average Bonchev–Trinajstić information content (AvgIpc) is 3.65. The second-order valence-electron chi connectivity index (χ2n) is 9.23. The second-order valence-corrected chi connectivity index (χ2v) is 11.0. The molecule has 1 atom stereocenters. The van der Waals surface area contributed by atoms with Gasteiger partial charge in [-0.05, 0) is 44.7 Å². The van der Waals surface area contributed by atoms with Gasteiger partial charge in [0.15, 0.2) is 11.5 Å². The summed E-state index contributed by atoms with van der Waals surface area (Å²) in [6.07, 6.45) is 8.49. The van der Waals surface area contributed by atoms with Crippen molar-refractivity contribution in [3.8, 4) is 22.8 Å². The predicted molar refractivity (Wildman–Crippen MR) is 136 cm³/mol. The third-order valence-electron chi connectivity index (χ3n) is 6.22. The van der Waals surface area contributed by atoms with Crippen LogP contribution in [0.2, 0.25) is 0 Å². The Bertz CT molecular complexity index is 1560. The fourth-order valence-corrected chi connectivity index (χ4v) is 4.85. The van der Waals surface area contributed by atoms with E-state index in [1.165, 1.54) is 12.4 Å². The molecule has 0 aliphatic heterocycles.